The van der Waals surface area contributed by atoms with Gasteiger partial charge in [0.25, 0.3) is 11.6 Å². The van der Waals surface area contributed by atoms with Gasteiger partial charge in [-0.2, -0.15) is 0 Å². The summed E-state index contributed by atoms with van der Waals surface area (Å²) in [5, 5.41) is 12.9. The highest BCUT2D eigenvalue weighted by Gasteiger charge is 2.27. The second kappa shape index (κ2) is 6.35. The molecule has 120 valence electrons. The maximum Gasteiger partial charge on any atom is 0.292 e. The Hall–Kier alpha value is -2.45. The van der Waals surface area contributed by atoms with E-state index in [1.807, 2.05) is 17.5 Å². The molecule has 1 aromatic heterocycles. The first-order valence-corrected chi connectivity index (χ1v) is 7.92. The maximum absolute atomic E-state index is 12.6. The van der Waals surface area contributed by atoms with Crippen LogP contribution in [0.25, 0.3) is 0 Å². The van der Waals surface area contributed by atoms with E-state index in [1.54, 1.807) is 16.2 Å². The van der Waals surface area contributed by atoms with Crippen LogP contribution in [0.1, 0.15) is 21.3 Å². The maximum atomic E-state index is 12.6. The van der Waals surface area contributed by atoms with Crippen LogP contribution in [0.3, 0.4) is 0 Å². The summed E-state index contributed by atoms with van der Waals surface area (Å²) in [5.74, 6) is -0.252. The fraction of sp³-hybridized carbons (Fsp3) is 0.267. The Morgan fingerprint density at radius 3 is 2.96 bits per heavy atom. The minimum Gasteiger partial charge on any atom is -0.393 e. The SMILES string of the molecule is Nc1ccc(C(=O)N2CCOC(c3cccs3)C2)cc1[N+](=O)[O-]. The summed E-state index contributed by atoms with van der Waals surface area (Å²) in [5.41, 5.74) is 5.63. The summed E-state index contributed by atoms with van der Waals surface area (Å²) in [6, 6.07) is 8.04. The van der Waals surface area contributed by atoms with Crippen LogP contribution in [0.4, 0.5) is 11.4 Å². The monoisotopic (exact) mass is 333 g/mol. The zero-order valence-electron chi connectivity index (χ0n) is 12.2. The molecule has 0 spiro atoms. The molecule has 7 nitrogen and oxygen atoms in total. The Balaban J connectivity index is 1.80. The number of thiophene rings is 1. The van der Waals surface area contributed by atoms with Crippen molar-refractivity contribution < 1.29 is 14.5 Å². The number of amides is 1. The molecule has 1 fully saturated rings. The number of nitrogens with two attached hydrogens (primary N) is 1. The number of carbonyl (C=O) groups excluding carboxylic acids is 1. The van der Waals surface area contributed by atoms with Crippen LogP contribution in [-0.4, -0.2) is 35.4 Å². The lowest BCUT2D eigenvalue weighted by Gasteiger charge is -2.32. The lowest BCUT2D eigenvalue weighted by Crippen LogP contribution is -2.42. The highest BCUT2D eigenvalue weighted by atomic mass is 32.1. The number of hydrogen-bond acceptors (Lipinski definition) is 6. The molecule has 0 radical (unpaired) electrons. The van der Waals surface area contributed by atoms with Crippen molar-refractivity contribution in [1.82, 2.24) is 4.90 Å². The van der Waals surface area contributed by atoms with Gasteiger partial charge in [-0.1, -0.05) is 6.07 Å². The molecule has 1 aliphatic heterocycles. The molecular weight excluding hydrogens is 318 g/mol. The first-order valence-electron chi connectivity index (χ1n) is 7.04. The van der Waals surface area contributed by atoms with Gasteiger partial charge in [0.05, 0.1) is 18.1 Å². The number of nitro groups is 1. The zero-order chi connectivity index (χ0) is 16.4. The van der Waals surface area contributed by atoms with Crippen LogP contribution >= 0.6 is 11.3 Å². The summed E-state index contributed by atoms with van der Waals surface area (Å²) in [4.78, 5) is 25.7. The minimum atomic E-state index is -0.583. The predicted octanol–water partition coefficient (Wildman–Crippen LogP) is 2.45. The molecule has 1 aromatic carbocycles. The zero-order valence-corrected chi connectivity index (χ0v) is 13.0. The van der Waals surface area contributed by atoms with Crippen molar-refractivity contribution in [3.05, 3.63) is 56.3 Å². The molecule has 1 atom stereocenters. The van der Waals surface area contributed by atoms with Gasteiger partial charge in [0.15, 0.2) is 0 Å². The van der Waals surface area contributed by atoms with Crippen molar-refractivity contribution in [2.75, 3.05) is 25.4 Å². The molecule has 2 aromatic rings. The van der Waals surface area contributed by atoms with Gasteiger partial charge in [-0.25, -0.2) is 0 Å². The summed E-state index contributed by atoms with van der Waals surface area (Å²) < 4.78 is 5.71. The van der Waals surface area contributed by atoms with E-state index < -0.39 is 4.92 Å². The summed E-state index contributed by atoms with van der Waals surface area (Å²) in [6.07, 6.45) is -0.156. The van der Waals surface area contributed by atoms with Crippen LogP contribution in [0.5, 0.6) is 0 Å². The molecule has 0 saturated carbocycles. The number of hydrogen-bond donors (Lipinski definition) is 1. The number of ether oxygens (including phenoxy) is 1. The lowest BCUT2D eigenvalue weighted by atomic mass is 10.1. The molecule has 3 rings (SSSR count). The van der Waals surface area contributed by atoms with Crippen LogP contribution in [0.15, 0.2) is 35.7 Å². The summed E-state index contributed by atoms with van der Waals surface area (Å²) in [7, 11) is 0. The van der Waals surface area contributed by atoms with Gasteiger partial charge in [-0.3, -0.25) is 14.9 Å². The summed E-state index contributed by atoms with van der Waals surface area (Å²) in [6.45, 7) is 1.32. The molecule has 1 aliphatic rings. The van der Waals surface area contributed by atoms with E-state index in [1.165, 1.54) is 18.2 Å². The molecule has 8 heteroatoms. The molecular formula is C15H15N3O4S. The third kappa shape index (κ3) is 3.17. The molecule has 1 amide bonds. The average molecular weight is 333 g/mol. The number of nitro benzene ring substituents is 1. The molecule has 1 unspecified atom stereocenters. The standard InChI is InChI=1S/C15H15N3O4S/c16-11-4-3-10(8-12(11)18(20)21)15(19)17-5-6-22-13(9-17)14-2-1-7-23-14/h1-4,7-8,13H,5-6,9,16H2. The van der Waals surface area contributed by atoms with E-state index in [2.05, 4.69) is 0 Å². The molecule has 23 heavy (non-hydrogen) atoms. The van der Waals surface area contributed by atoms with E-state index in [-0.39, 0.29) is 28.9 Å². The molecule has 2 heterocycles. The number of morpholine rings is 1. The van der Waals surface area contributed by atoms with Crippen molar-refractivity contribution in [2.24, 2.45) is 0 Å². The van der Waals surface area contributed by atoms with Gasteiger partial charge in [0, 0.05) is 23.1 Å². The number of rotatable bonds is 3. The quantitative estimate of drug-likeness (QED) is 0.528. The predicted molar refractivity (Wildman–Crippen MR) is 86.4 cm³/mol. The van der Waals surface area contributed by atoms with Gasteiger partial charge in [-0.05, 0) is 23.6 Å². The van der Waals surface area contributed by atoms with Crippen molar-refractivity contribution in [3.8, 4) is 0 Å². The first-order chi connectivity index (χ1) is 11.1. The van der Waals surface area contributed by atoms with E-state index in [4.69, 9.17) is 10.5 Å². The Morgan fingerprint density at radius 1 is 1.43 bits per heavy atom. The van der Waals surface area contributed by atoms with E-state index >= 15 is 0 Å². The van der Waals surface area contributed by atoms with E-state index in [0.29, 0.717) is 19.7 Å². The number of nitrogens with zero attached hydrogens (tertiary/aromatic N) is 2. The molecule has 0 aliphatic carbocycles. The van der Waals surface area contributed by atoms with Gasteiger partial charge < -0.3 is 15.4 Å². The Labute approximate surface area is 136 Å². The molecule has 0 bridgehead atoms. The Morgan fingerprint density at radius 2 is 2.26 bits per heavy atom. The van der Waals surface area contributed by atoms with E-state index in [0.717, 1.165) is 4.88 Å². The van der Waals surface area contributed by atoms with Crippen LogP contribution < -0.4 is 5.73 Å². The highest BCUT2D eigenvalue weighted by Crippen LogP contribution is 2.28. The fourth-order valence-corrected chi connectivity index (χ4v) is 3.26. The number of anilines is 1. The average Bonchev–Trinajstić information content (AvgIpc) is 3.09. The normalized spacial score (nSPS) is 17.9. The fourth-order valence-electron chi connectivity index (χ4n) is 2.50. The third-order valence-corrected chi connectivity index (χ3v) is 4.65. The largest absolute Gasteiger partial charge is 0.393 e. The van der Waals surface area contributed by atoms with Crippen molar-refractivity contribution in [1.29, 1.82) is 0 Å². The number of nitrogen functional groups attached to an aromatic ring is 1. The Kier molecular flexibility index (Phi) is 4.26. The van der Waals surface area contributed by atoms with Gasteiger partial charge in [0.1, 0.15) is 11.8 Å². The third-order valence-electron chi connectivity index (χ3n) is 3.69. The highest BCUT2D eigenvalue weighted by molar-refractivity contribution is 7.10. The van der Waals surface area contributed by atoms with Crippen molar-refractivity contribution in [3.63, 3.8) is 0 Å². The first kappa shape index (κ1) is 15.4. The Bertz CT molecular complexity index is 732. The minimum absolute atomic E-state index is 0.0463. The smallest absolute Gasteiger partial charge is 0.292 e. The van der Waals surface area contributed by atoms with Crippen molar-refractivity contribution >= 4 is 28.6 Å². The molecule has 1 saturated heterocycles. The van der Waals surface area contributed by atoms with Gasteiger partial charge in [0.2, 0.25) is 0 Å². The van der Waals surface area contributed by atoms with Crippen molar-refractivity contribution in [2.45, 2.75) is 6.10 Å². The van der Waals surface area contributed by atoms with Crippen LogP contribution in [0, 0.1) is 10.1 Å². The summed E-state index contributed by atoms with van der Waals surface area (Å²) >= 11 is 1.58. The van der Waals surface area contributed by atoms with Gasteiger partial charge in [-0.15, -0.1) is 11.3 Å². The van der Waals surface area contributed by atoms with E-state index in [9.17, 15) is 14.9 Å². The second-order valence-corrected chi connectivity index (χ2v) is 6.14. The lowest BCUT2D eigenvalue weighted by molar-refractivity contribution is -0.383. The van der Waals surface area contributed by atoms with Crippen LogP contribution in [0.2, 0.25) is 0 Å². The molecule has 2 N–H and O–H groups in total. The topological polar surface area (TPSA) is 98.7 Å². The van der Waals surface area contributed by atoms with Gasteiger partial charge >= 0.3 is 0 Å². The number of benzene rings is 1. The number of carbonyl (C=O) groups is 1. The second-order valence-electron chi connectivity index (χ2n) is 5.16. The van der Waals surface area contributed by atoms with Crippen LogP contribution in [-0.2, 0) is 4.74 Å².